The van der Waals surface area contributed by atoms with Crippen LogP contribution in [0, 0.1) is 0 Å². The SMILES string of the molecule is COc1ccc(S(=O)(=O)Nc2cccnc2[As]c2ccc(O)cc2)cc1. The zero-order valence-corrected chi connectivity index (χ0v) is 16.5. The third kappa shape index (κ3) is 4.36. The van der Waals surface area contributed by atoms with Gasteiger partial charge in [-0.25, -0.2) is 0 Å². The second-order valence-electron chi connectivity index (χ2n) is 5.28. The van der Waals surface area contributed by atoms with Crippen molar-refractivity contribution in [2.75, 3.05) is 11.8 Å². The molecule has 0 saturated heterocycles. The molecule has 0 spiro atoms. The molecule has 1 radical (unpaired) electrons. The molecule has 0 fully saturated rings. The van der Waals surface area contributed by atoms with Crippen molar-refractivity contribution < 1.29 is 18.3 Å². The first-order valence-electron chi connectivity index (χ1n) is 7.60. The van der Waals surface area contributed by atoms with Crippen LogP contribution >= 0.6 is 0 Å². The van der Waals surface area contributed by atoms with Crippen LogP contribution in [-0.2, 0) is 10.0 Å². The fourth-order valence-corrected chi connectivity index (χ4v) is 5.33. The summed E-state index contributed by atoms with van der Waals surface area (Å²) >= 11 is -0.539. The van der Waals surface area contributed by atoms with Gasteiger partial charge in [0.05, 0.1) is 0 Å². The standard InChI is InChI=1S/C18H16AsN2O4S/c1-25-15-8-10-16(11-9-15)26(23,24)21-17-3-2-12-20-18(17)19-13-4-6-14(22)7-5-13/h2-12,21-22H,1H3. The number of rotatable bonds is 6. The van der Waals surface area contributed by atoms with E-state index < -0.39 is 25.8 Å². The molecular formula is C18H16AsN2O4S. The molecule has 133 valence electrons. The second-order valence-corrected chi connectivity index (χ2v) is 9.41. The maximum atomic E-state index is 12.6. The number of phenolic OH excluding ortho intramolecular Hbond substituents is 1. The number of phenols is 1. The predicted molar refractivity (Wildman–Crippen MR) is 101 cm³/mol. The summed E-state index contributed by atoms with van der Waals surface area (Å²) in [5.41, 5.74) is 0.455. The van der Waals surface area contributed by atoms with Crippen LogP contribution in [0.15, 0.2) is 71.8 Å². The van der Waals surface area contributed by atoms with Gasteiger partial charge < -0.3 is 0 Å². The molecule has 0 aliphatic rings. The predicted octanol–water partition coefficient (Wildman–Crippen LogP) is 1.25. The van der Waals surface area contributed by atoms with Gasteiger partial charge in [0, 0.05) is 0 Å². The Morgan fingerprint density at radius 1 is 1.04 bits per heavy atom. The summed E-state index contributed by atoms with van der Waals surface area (Å²) in [4.78, 5) is 4.48. The Hall–Kier alpha value is -2.50. The molecule has 26 heavy (non-hydrogen) atoms. The Morgan fingerprint density at radius 2 is 1.73 bits per heavy atom. The number of ether oxygens (including phenoxy) is 1. The Kier molecular flexibility index (Phi) is 5.49. The van der Waals surface area contributed by atoms with E-state index in [1.807, 2.05) is 12.1 Å². The van der Waals surface area contributed by atoms with Crippen LogP contribution in [0.2, 0.25) is 0 Å². The topological polar surface area (TPSA) is 88.5 Å². The number of hydrogen-bond acceptors (Lipinski definition) is 5. The number of methoxy groups -OCH3 is 1. The number of pyridine rings is 1. The third-order valence-corrected chi connectivity index (χ3v) is 7.23. The zero-order chi connectivity index (χ0) is 18.6. The number of sulfonamides is 1. The van der Waals surface area contributed by atoms with Crippen molar-refractivity contribution in [2.24, 2.45) is 0 Å². The molecule has 2 N–H and O–H groups in total. The Morgan fingerprint density at radius 3 is 2.38 bits per heavy atom. The average Bonchev–Trinajstić information content (AvgIpc) is 2.65. The number of aromatic nitrogens is 1. The van der Waals surface area contributed by atoms with E-state index in [2.05, 4.69) is 9.71 Å². The van der Waals surface area contributed by atoms with Crippen molar-refractivity contribution in [1.82, 2.24) is 4.98 Å². The molecule has 0 aliphatic heterocycles. The summed E-state index contributed by atoms with van der Waals surface area (Å²) in [6.07, 6.45) is 1.64. The van der Waals surface area contributed by atoms with Crippen LogP contribution in [0.3, 0.4) is 0 Å². The first kappa shape index (κ1) is 18.3. The van der Waals surface area contributed by atoms with E-state index in [4.69, 9.17) is 4.74 Å². The summed E-state index contributed by atoms with van der Waals surface area (Å²) < 4.78 is 34.7. The summed E-state index contributed by atoms with van der Waals surface area (Å²) in [5, 5.41) is 9.39. The number of benzene rings is 2. The van der Waals surface area contributed by atoms with Gasteiger partial charge in [0.1, 0.15) is 0 Å². The van der Waals surface area contributed by atoms with Crippen LogP contribution < -0.4 is 18.3 Å². The van der Waals surface area contributed by atoms with Gasteiger partial charge in [-0.05, 0) is 0 Å². The molecule has 1 aromatic heterocycles. The Balaban J connectivity index is 1.86. The molecular weight excluding hydrogens is 415 g/mol. The number of nitrogens with zero attached hydrogens (tertiary/aromatic N) is 1. The molecule has 8 heteroatoms. The van der Waals surface area contributed by atoms with Gasteiger partial charge in [-0.2, -0.15) is 0 Å². The van der Waals surface area contributed by atoms with Crippen LogP contribution in [0.1, 0.15) is 0 Å². The van der Waals surface area contributed by atoms with Gasteiger partial charge in [0.25, 0.3) is 0 Å². The molecule has 0 unspecified atom stereocenters. The zero-order valence-electron chi connectivity index (χ0n) is 13.8. The van der Waals surface area contributed by atoms with Crippen LogP contribution in [-0.4, -0.2) is 41.4 Å². The van der Waals surface area contributed by atoms with Crippen LogP contribution in [0.4, 0.5) is 5.69 Å². The van der Waals surface area contributed by atoms with Gasteiger partial charge >= 0.3 is 159 Å². The van der Waals surface area contributed by atoms with Crippen molar-refractivity contribution in [2.45, 2.75) is 4.90 Å². The van der Waals surface area contributed by atoms with E-state index in [1.165, 1.54) is 19.2 Å². The monoisotopic (exact) mass is 431 g/mol. The van der Waals surface area contributed by atoms with E-state index >= 15 is 0 Å². The Labute approximate surface area is 158 Å². The summed E-state index contributed by atoms with van der Waals surface area (Å²) in [5.74, 6) is 0.778. The molecule has 3 rings (SSSR count). The van der Waals surface area contributed by atoms with Gasteiger partial charge in [-0.1, -0.05) is 0 Å². The minimum atomic E-state index is -3.73. The molecule has 0 atom stereocenters. The number of hydrogen-bond donors (Lipinski definition) is 2. The molecule has 0 aliphatic carbocycles. The van der Waals surface area contributed by atoms with E-state index in [0.29, 0.717) is 15.9 Å². The fourth-order valence-electron chi connectivity index (χ4n) is 2.17. The summed E-state index contributed by atoms with van der Waals surface area (Å²) in [7, 11) is -2.21. The summed E-state index contributed by atoms with van der Waals surface area (Å²) in [6.45, 7) is 0. The van der Waals surface area contributed by atoms with Gasteiger partial charge in [-0.15, -0.1) is 0 Å². The van der Waals surface area contributed by atoms with Crippen LogP contribution in [0.25, 0.3) is 0 Å². The van der Waals surface area contributed by atoms with Crippen molar-refractivity contribution in [3.63, 3.8) is 0 Å². The summed E-state index contributed by atoms with van der Waals surface area (Å²) in [6, 6.07) is 16.4. The van der Waals surface area contributed by atoms with Crippen molar-refractivity contribution in [3.8, 4) is 11.5 Å². The molecule has 3 aromatic rings. The minimum absolute atomic E-state index is 0.147. The van der Waals surface area contributed by atoms with E-state index in [0.717, 1.165) is 4.35 Å². The third-order valence-electron chi connectivity index (χ3n) is 3.49. The molecule has 6 nitrogen and oxygen atoms in total. The molecule has 0 saturated carbocycles. The van der Waals surface area contributed by atoms with Gasteiger partial charge in [0.2, 0.25) is 0 Å². The number of aromatic hydroxyl groups is 1. The van der Waals surface area contributed by atoms with Crippen molar-refractivity contribution in [1.29, 1.82) is 0 Å². The molecule has 0 bridgehead atoms. The second kappa shape index (κ2) is 7.81. The van der Waals surface area contributed by atoms with Crippen molar-refractivity contribution >= 4 is 40.3 Å². The molecule has 2 aromatic carbocycles. The van der Waals surface area contributed by atoms with E-state index in [-0.39, 0.29) is 10.6 Å². The molecule has 0 amide bonds. The van der Waals surface area contributed by atoms with Crippen LogP contribution in [0.5, 0.6) is 11.5 Å². The fraction of sp³-hybridized carbons (Fsp3) is 0.0556. The Bertz CT molecular complexity index is 990. The van der Waals surface area contributed by atoms with Gasteiger partial charge in [0.15, 0.2) is 0 Å². The van der Waals surface area contributed by atoms with E-state index in [1.54, 1.807) is 42.6 Å². The van der Waals surface area contributed by atoms with Crippen molar-refractivity contribution in [3.05, 3.63) is 66.9 Å². The normalized spacial score (nSPS) is 11.6. The number of anilines is 1. The maximum absolute atomic E-state index is 12.6. The average molecular weight is 431 g/mol. The molecule has 1 heterocycles. The number of nitrogens with one attached hydrogen (secondary N) is 1. The quantitative estimate of drug-likeness (QED) is 0.574. The first-order chi connectivity index (χ1) is 12.5. The van der Waals surface area contributed by atoms with Gasteiger partial charge in [-0.3, -0.25) is 0 Å². The first-order valence-corrected chi connectivity index (χ1v) is 11.0. The van der Waals surface area contributed by atoms with E-state index in [9.17, 15) is 13.5 Å².